The number of nitrogens with zero attached hydrogens (tertiary/aromatic N) is 6. The van der Waals surface area contributed by atoms with Crippen molar-refractivity contribution in [3.05, 3.63) is 91.5 Å². The third kappa shape index (κ3) is 6.43. The van der Waals surface area contributed by atoms with Crippen LogP contribution < -0.4 is 21.3 Å². The number of halogens is 1. The topological polar surface area (TPSA) is 124 Å². The molecule has 3 aliphatic rings. The van der Waals surface area contributed by atoms with Crippen LogP contribution in [0.2, 0.25) is 0 Å². The highest BCUT2D eigenvalue weighted by atomic mass is 32.1. The number of hydrogen-bond donors (Lipinski definition) is 1. The molecule has 5 aromatic rings. The molecule has 0 radical (unpaired) electrons. The zero-order chi connectivity index (χ0) is 35.2. The first-order valence-corrected chi connectivity index (χ1v) is 18.0. The number of hydrogen-bond acceptors (Lipinski definition) is 11. The highest BCUT2D eigenvalue weighted by molar-refractivity contribution is 7.19. The number of esters is 1. The molecule has 12 nitrogen and oxygen atoms in total. The minimum absolute atomic E-state index is 0.159. The van der Waals surface area contributed by atoms with Crippen LogP contribution in [0.25, 0.3) is 26.9 Å². The van der Waals surface area contributed by atoms with Gasteiger partial charge < -0.3 is 24.3 Å². The molecule has 264 valence electrons. The molecule has 1 aliphatic carbocycles. The maximum atomic E-state index is 15.6. The number of pyridine rings is 2. The lowest BCUT2D eigenvalue weighted by molar-refractivity contribution is -0.142. The summed E-state index contributed by atoms with van der Waals surface area (Å²) < 4.78 is 29.5. The number of carbonyl (C=O) groups is 1. The molecule has 1 aromatic carbocycles. The minimum Gasteiger partial charge on any atom is -0.461 e. The normalized spacial score (nSPS) is 16.6. The van der Waals surface area contributed by atoms with Crippen LogP contribution >= 0.6 is 11.3 Å². The summed E-state index contributed by atoms with van der Waals surface area (Å²) in [6, 6.07) is 8.48. The summed E-state index contributed by atoms with van der Waals surface area (Å²) in [6.07, 6.45) is 9.02. The first-order chi connectivity index (χ1) is 24.7. The second-order valence-corrected chi connectivity index (χ2v) is 14.5. The van der Waals surface area contributed by atoms with Crippen molar-refractivity contribution in [3.8, 4) is 16.8 Å². The summed E-state index contributed by atoms with van der Waals surface area (Å²) in [7, 11) is 1.60. The Morgan fingerprint density at radius 2 is 1.86 bits per heavy atom. The molecule has 8 rings (SSSR count). The predicted octanol–water partition coefficient (Wildman–Crippen LogP) is 4.55. The number of ether oxygens (including phenoxy) is 2. The summed E-state index contributed by atoms with van der Waals surface area (Å²) in [5.74, 6) is -0.681. The number of aromatic nitrogens is 4. The lowest BCUT2D eigenvalue weighted by Gasteiger charge is -2.43. The van der Waals surface area contributed by atoms with E-state index in [1.807, 2.05) is 12.1 Å². The van der Waals surface area contributed by atoms with Crippen molar-refractivity contribution in [1.29, 1.82) is 0 Å². The van der Waals surface area contributed by atoms with Gasteiger partial charge in [0, 0.05) is 73.8 Å². The number of aryl methyl sites for hydroxylation is 3. The van der Waals surface area contributed by atoms with E-state index in [4.69, 9.17) is 9.47 Å². The van der Waals surface area contributed by atoms with Gasteiger partial charge in [0.1, 0.15) is 28.6 Å². The van der Waals surface area contributed by atoms with E-state index in [-0.39, 0.29) is 29.1 Å². The number of carbonyl (C=O) groups excluding carboxylic acids is 1. The smallest absolute Gasteiger partial charge is 0.302 e. The van der Waals surface area contributed by atoms with Gasteiger partial charge in [-0.25, -0.2) is 9.37 Å². The van der Waals surface area contributed by atoms with E-state index in [0.717, 1.165) is 76.1 Å². The summed E-state index contributed by atoms with van der Waals surface area (Å²) in [5, 5.41) is 8.48. The van der Waals surface area contributed by atoms with Crippen LogP contribution in [0.5, 0.6) is 0 Å². The highest BCUT2D eigenvalue weighted by Crippen LogP contribution is 2.36. The Hall–Kier alpha value is -4.92. The van der Waals surface area contributed by atoms with Gasteiger partial charge in [0.25, 0.3) is 11.1 Å². The molecular weight excluding hydrogens is 674 g/mol. The lowest BCUT2D eigenvalue weighted by atomic mass is 9.97. The van der Waals surface area contributed by atoms with E-state index in [1.54, 1.807) is 31.7 Å². The monoisotopic (exact) mass is 711 g/mol. The molecule has 0 saturated carbocycles. The second-order valence-electron chi connectivity index (χ2n) is 13.3. The fourth-order valence-corrected chi connectivity index (χ4v) is 8.52. The molecule has 2 aliphatic heterocycles. The van der Waals surface area contributed by atoms with E-state index in [9.17, 15) is 14.4 Å². The number of nitrogens with one attached hydrogen (secondary N) is 1. The Balaban J connectivity index is 1.13. The quantitative estimate of drug-likeness (QED) is 0.229. The predicted molar refractivity (Wildman–Crippen MR) is 194 cm³/mol. The van der Waals surface area contributed by atoms with Gasteiger partial charge in [-0.2, -0.15) is 9.78 Å². The number of anilines is 3. The molecule has 0 amide bonds. The summed E-state index contributed by atoms with van der Waals surface area (Å²) in [5.41, 5.74) is 3.06. The zero-order valence-corrected chi connectivity index (χ0v) is 29.3. The van der Waals surface area contributed by atoms with Gasteiger partial charge in [0.15, 0.2) is 0 Å². The fraction of sp³-hybridized carbons (Fsp3) is 0.378. The standard InChI is InChI=1S/C37H38FN7O5S/c1-22(46)50-21-30-28(14-24(38)15-32(30)45-37(48)35-29(17-40-45)27-5-3-4-6-33(27)51-35)23-13-31(36(47)42(2)18-23)41-34-8-7-25(16-39-34)43-9-11-44(12-10-43)26-19-49-20-26/h7-8,13-18,26H,3-6,9-12,19-21H2,1-2H3,(H,39,41). The van der Waals surface area contributed by atoms with Gasteiger partial charge in [-0.15, -0.1) is 11.3 Å². The minimum atomic E-state index is -0.617. The molecular formula is C37H38FN7O5S. The number of rotatable bonds is 8. The first kappa shape index (κ1) is 33.2. The Morgan fingerprint density at radius 1 is 1.06 bits per heavy atom. The first-order valence-electron chi connectivity index (χ1n) is 17.2. The number of piperazine rings is 1. The fourth-order valence-electron chi connectivity index (χ4n) is 7.23. The Bertz CT molecular complexity index is 2260. The maximum absolute atomic E-state index is 15.6. The average Bonchev–Trinajstić information content (AvgIpc) is 3.49. The molecule has 1 N–H and O–H groups in total. The molecule has 0 bridgehead atoms. The molecule has 2 fully saturated rings. The van der Waals surface area contributed by atoms with Gasteiger partial charge in [0.05, 0.1) is 43.0 Å². The van der Waals surface area contributed by atoms with Crippen LogP contribution in [0.4, 0.5) is 21.6 Å². The van der Waals surface area contributed by atoms with E-state index in [1.165, 1.54) is 50.1 Å². The van der Waals surface area contributed by atoms with Crippen LogP contribution in [0, 0.1) is 5.82 Å². The molecule has 2 saturated heterocycles. The van der Waals surface area contributed by atoms with Gasteiger partial charge in [-0.1, -0.05) is 0 Å². The molecule has 4 aromatic heterocycles. The maximum Gasteiger partial charge on any atom is 0.302 e. The molecule has 0 atom stereocenters. The van der Waals surface area contributed by atoms with Gasteiger partial charge in [-0.3, -0.25) is 19.3 Å². The van der Waals surface area contributed by atoms with Crippen LogP contribution in [0.3, 0.4) is 0 Å². The highest BCUT2D eigenvalue weighted by Gasteiger charge is 2.29. The summed E-state index contributed by atoms with van der Waals surface area (Å²) in [6.45, 7) is 6.37. The van der Waals surface area contributed by atoms with Crippen molar-refractivity contribution in [1.82, 2.24) is 24.2 Å². The van der Waals surface area contributed by atoms with E-state index in [2.05, 4.69) is 25.2 Å². The molecule has 0 spiro atoms. The average molecular weight is 712 g/mol. The van der Waals surface area contributed by atoms with Crippen molar-refractivity contribution in [2.24, 2.45) is 7.05 Å². The van der Waals surface area contributed by atoms with E-state index >= 15 is 4.39 Å². The van der Waals surface area contributed by atoms with Crippen LogP contribution in [-0.2, 0) is 40.8 Å². The Labute approximate surface area is 297 Å². The van der Waals surface area contributed by atoms with Gasteiger partial charge in [0.2, 0.25) is 0 Å². The number of benzene rings is 1. The van der Waals surface area contributed by atoms with E-state index in [0.29, 0.717) is 33.2 Å². The zero-order valence-electron chi connectivity index (χ0n) is 28.5. The van der Waals surface area contributed by atoms with Crippen LogP contribution in [0.1, 0.15) is 35.8 Å². The molecule has 6 heterocycles. The summed E-state index contributed by atoms with van der Waals surface area (Å²) in [4.78, 5) is 49.9. The molecule has 14 heteroatoms. The Kier molecular flexibility index (Phi) is 8.90. The molecule has 51 heavy (non-hydrogen) atoms. The van der Waals surface area contributed by atoms with Gasteiger partial charge in [-0.05, 0) is 61.1 Å². The third-order valence-corrected chi connectivity index (χ3v) is 11.4. The summed E-state index contributed by atoms with van der Waals surface area (Å²) >= 11 is 1.47. The van der Waals surface area contributed by atoms with Gasteiger partial charge >= 0.3 is 5.97 Å². The Morgan fingerprint density at radius 3 is 2.59 bits per heavy atom. The lowest BCUT2D eigenvalue weighted by Crippen LogP contribution is -2.56. The SMILES string of the molecule is CC(=O)OCc1c(-c2cc(Nc3ccc(N4CCN(C5COC5)CC4)cn3)c(=O)n(C)c2)cc(F)cc1-n1ncc2c3c(sc2c1=O)CCCC3. The number of thiophene rings is 1. The number of fused-ring (bicyclic) bond motifs is 3. The van der Waals surface area contributed by atoms with Crippen LogP contribution in [-0.4, -0.2) is 75.6 Å². The van der Waals surface area contributed by atoms with Crippen molar-refractivity contribution in [2.45, 2.75) is 45.3 Å². The van der Waals surface area contributed by atoms with Crippen molar-refractivity contribution in [3.63, 3.8) is 0 Å². The van der Waals surface area contributed by atoms with Crippen LogP contribution in [0.15, 0.2) is 58.5 Å². The molecule has 0 unspecified atom stereocenters. The van der Waals surface area contributed by atoms with Crippen molar-refractivity contribution < 1.29 is 18.7 Å². The van der Waals surface area contributed by atoms with E-state index < -0.39 is 11.8 Å². The van der Waals surface area contributed by atoms with Crippen molar-refractivity contribution in [2.75, 3.05) is 49.6 Å². The second kappa shape index (κ2) is 13.7. The largest absolute Gasteiger partial charge is 0.461 e. The van der Waals surface area contributed by atoms with Crippen molar-refractivity contribution >= 4 is 44.6 Å². The third-order valence-electron chi connectivity index (χ3n) is 10.1.